The van der Waals surface area contributed by atoms with Gasteiger partial charge in [0.2, 0.25) is 0 Å². The fraction of sp³-hybridized carbons (Fsp3) is 0.267. The largest absolute Gasteiger partial charge is 0.378 e. The number of carbonyl (C=O) groups excluding carboxylic acids is 1. The molecule has 1 aromatic carbocycles. The third-order valence-electron chi connectivity index (χ3n) is 3.01. The number of carbonyl (C=O) groups is 1. The molecule has 0 saturated heterocycles. The second kappa shape index (κ2) is 7.05. The van der Waals surface area contributed by atoms with E-state index in [0.717, 1.165) is 5.69 Å². The number of aliphatic hydroxyl groups excluding tert-OH is 1. The van der Waals surface area contributed by atoms with Crippen LogP contribution in [-0.4, -0.2) is 21.0 Å². The molecule has 0 aliphatic heterocycles. The second-order valence-corrected chi connectivity index (χ2v) is 5.76. The molecule has 7 heteroatoms. The third kappa shape index (κ3) is 4.16. The van der Waals surface area contributed by atoms with Crippen LogP contribution >= 0.6 is 23.2 Å². The Morgan fingerprint density at radius 3 is 2.50 bits per heavy atom. The van der Waals surface area contributed by atoms with Gasteiger partial charge in [-0.1, -0.05) is 23.2 Å². The highest BCUT2D eigenvalue weighted by Crippen LogP contribution is 2.24. The maximum atomic E-state index is 12.1. The summed E-state index contributed by atoms with van der Waals surface area (Å²) in [4.78, 5) is 20.5. The first-order valence-electron chi connectivity index (χ1n) is 6.61. The van der Waals surface area contributed by atoms with Crippen LogP contribution in [0.3, 0.4) is 0 Å². The van der Waals surface area contributed by atoms with Gasteiger partial charge in [-0.3, -0.25) is 4.79 Å². The Labute approximate surface area is 138 Å². The molecule has 0 bridgehead atoms. The van der Waals surface area contributed by atoms with Crippen molar-refractivity contribution >= 4 is 29.1 Å². The number of aromatic nitrogens is 2. The van der Waals surface area contributed by atoms with Crippen LogP contribution in [-0.2, 0) is 4.79 Å². The maximum absolute atomic E-state index is 12.1. The van der Waals surface area contributed by atoms with E-state index in [4.69, 9.17) is 23.2 Å². The molecule has 0 aliphatic rings. The van der Waals surface area contributed by atoms with E-state index in [-0.39, 0.29) is 0 Å². The number of benzene rings is 1. The minimum absolute atomic E-state index is 0.326. The second-order valence-electron chi connectivity index (χ2n) is 4.89. The van der Waals surface area contributed by atoms with E-state index < -0.39 is 18.1 Å². The van der Waals surface area contributed by atoms with Gasteiger partial charge >= 0.3 is 0 Å². The topological polar surface area (TPSA) is 75.1 Å². The minimum atomic E-state index is -1.37. The van der Waals surface area contributed by atoms with Crippen molar-refractivity contribution in [1.82, 2.24) is 15.3 Å². The Balaban J connectivity index is 2.11. The first-order valence-corrected chi connectivity index (χ1v) is 7.36. The summed E-state index contributed by atoms with van der Waals surface area (Å²) in [5.74, 6) is -0.0967. The molecule has 0 saturated carbocycles. The highest BCUT2D eigenvalue weighted by atomic mass is 35.5. The van der Waals surface area contributed by atoms with E-state index in [0.29, 0.717) is 21.4 Å². The van der Waals surface area contributed by atoms with Crippen molar-refractivity contribution in [2.75, 3.05) is 0 Å². The van der Waals surface area contributed by atoms with Crippen LogP contribution in [0.4, 0.5) is 0 Å². The van der Waals surface area contributed by atoms with Crippen molar-refractivity contribution in [3.8, 4) is 0 Å². The number of nitrogens with zero attached hydrogens (tertiary/aromatic N) is 2. The maximum Gasteiger partial charge on any atom is 0.254 e. The lowest BCUT2D eigenvalue weighted by Gasteiger charge is -2.16. The average Bonchev–Trinajstić information content (AvgIpc) is 2.45. The smallest absolute Gasteiger partial charge is 0.254 e. The number of aryl methyl sites for hydroxylation is 1. The first kappa shape index (κ1) is 16.7. The molecule has 22 heavy (non-hydrogen) atoms. The van der Waals surface area contributed by atoms with Gasteiger partial charge in [0, 0.05) is 21.9 Å². The summed E-state index contributed by atoms with van der Waals surface area (Å²) in [6.07, 6.45) is 0.247. The molecule has 1 aromatic heterocycles. The van der Waals surface area contributed by atoms with Crippen molar-refractivity contribution in [2.24, 2.45) is 0 Å². The van der Waals surface area contributed by atoms with Crippen molar-refractivity contribution in [2.45, 2.75) is 26.0 Å². The van der Waals surface area contributed by atoms with Crippen LogP contribution in [0, 0.1) is 6.92 Å². The van der Waals surface area contributed by atoms with E-state index in [2.05, 4.69) is 15.3 Å². The summed E-state index contributed by atoms with van der Waals surface area (Å²) in [5.41, 5.74) is 1.13. The van der Waals surface area contributed by atoms with Crippen LogP contribution in [0.5, 0.6) is 0 Å². The lowest BCUT2D eigenvalue weighted by molar-refractivity contribution is -0.130. The molecule has 2 N–H and O–H groups in total. The molecule has 0 fully saturated rings. The van der Waals surface area contributed by atoms with Crippen LogP contribution in [0.25, 0.3) is 0 Å². The van der Waals surface area contributed by atoms with Crippen molar-refractivity contribution in [3.63, 3.8) is 0 Å². The van der Waals surface area contributed by atoms with Crippen LogP contribution in [0.15, 0.2) is 30.5 Å². The molecule has 0 radical (unpaired) electrons. The number of hydrogen-bond donors (Lipinski definition) is 2. The van der Waals surface area contributed by atoms with Crippen molar-refractivity contribution in [1.29, 1.82) is 0 Å². The highest BCUT2D eigenvalue weighted by Gasteiger charge is 2.21. The van der Waals surface area contributed by atoms with E-state index in [9.17, 15) is 9.90 Å². The van der Waals surface area contributed by atoms with Crippen LogP contribution in [0.2, 0.25) is 10.0 Å². The van der Waals surface area contributed by atoms with Gasteiger partial charge in [-0.2, -0.15) is 0 Å². The van der Waals surface area contributed by atoms with Gasteiger partial charge in [-0.25, -0.2) is 9.97 Å². The van der Waals surface area contributed by atoms with Gasteiger partial charge in [0.1, 0.15) is 5.82 Å². The normalized spacial score (nSPS) is 13.5. The predicted molar refractivity (Wildman–Crippen MR) is 84.7 cm³/mol. The fourth-order valence-corrected chi connectivity index (χ4v) is 2.46. The molecule has 0 aliphatic carbocycles. The van der Waals surface area contributed by atoms with Gasteiger partial charge in [-0.05, 0) is 43.7 Å². The molecule has 2 aromatic rings. The van der Waals surface area contributed by atoms with E-state index in [1.54, 1.807) is 19.2 Å². The predicted octanol–water partition coefficient (Wildman–Crippen LogP) is 3.00. The summed E-state index contributed by atoms with van der Waals surface area (Å²) in [7, 11) is 0. The molecule has 116 valence electrons. The Hall–Kier alpha value is -1.69. The van der Waals surface area contributed by atoms with Crippen LogP contribution in [0.1, 0.15) is 36.2 Å². The number of nitrogens with one attached hydrogen (secondary N) is 1. The number of hydrogen-bond acceptors (Lipinski definition) is 4. The van der Waals surface area contributed by atoms with Gasteiger partial charge in [0.15, 0.2) is 6.10 Å². The average molecular weight is 340 g/mol. The summed E-state index contributed by atoms with van der Waals surface area (Å²) in [6, 6.07) is 5.84. The molecule has 1 heterocycles. The molecule has 2 unspecified atom stereocenters. The van der Waals surface area contributed by atoms with Crippen molar-refractivity contribution < 1.29 is 9.90 Å². The number of rotatable bonds is 4. The highest BCUT2D eigenvalue weighted by molar-refractivity contribution is 6.34. The monoisotopic (exact) mass is 339 g/mol. The minimum Gasteiger partial charge on any atom is -0.378 e. The SMILES string of the molecule is Cc1ccnc(C(C)NC(=O)C(O)c2cc(Cl)cc(Cl)c2)n1. The van der Waals surface area contributed by atoms with Gasteiger partial charge in [0.25, 0.3) is 5.91 Å². The molecule has 1 amide bonds. The Bertz CT molecular complexity index is 674. The first-order chi connectivity index (χ1) is 10.4. The summed E-state index contributed by atoms with van der Waals surface area (Å²) >= 11 is 11.7. The molecular weight excluding hydrogens is 325 g/mol. The molecule has 0 spiro atoms. The van der Waals surface area contributed by atoms with Gasteiger partial charge < -0.3 is 10.4 Å². The molecule has 2 atom stereocenters. The lowest BCUT2D eigenvalue weighted by Crippen LogP contribution is -2.32. The van der Waals surface area contributed by atoms with Gasteiger partial charge in [-0.15, -0.1) is 0 Å². The zero-order valence-electron chi connectivity index (χ0n) is 12.0. The molecular formula is C15H15Cl2N3O2. The van der Waals surface area contributed by atoms with Gasteiger partial charge in [0.05, 0.1) is 6.04 Å². The standard InChI is InChI=1S/C15H15Cl2N3O2/c1-8-3-4-18-14(19-8)9(2)20-15(22)13(21)10-5-11(16)7-12(17)6-10/h3-7,9,13,21H,1-2H3,(H,20,22). The fourth-order valence-electron chi connectivity index (χ4n) is 1.92. The van der Waals surface area contributed by atoms with Crippen molar-refractivity contribution in [3.05, 3.63) is 57.6 Å². The summed E-state index contributed by atoms with van der Waals surface area (Å²) < 4.78 is 0. The Kier molecular flexibility index (Phi) is 5.34. The zero-order valence-corrected chi connectivity index (χ0v) is 13.6. The van der Waals surface area contributed by atoms with Crippen LogP contribution < -0.4 is 5.32 Å². The number of aliphatic hydroxyl groups is 1. The number of amides is 1. The molecule has 2 rings (SSSR count). The third-order valence-corrected chi connectivity index (χ3v) is 3.44. The quantitative estimate of drug-likeness (QED) is 0.897. The molecule has 5 nitrogen and oxygen atoms in total. The number of halogens is 2. The summed E-state index contributed by atoms with van der Waals surface area (Å²) in [5, 5.41) is 13.5. The summed E-state index contributed by atoms with van der Waals surface area (Å²) in [6.45, 7) is 3.58. The lowest BCUT2D eigenvalue weighted by atomic mass is 10.1. The Morgan fingerprint density at radius 1 is 1.27 bits per heavy atom. The van der Waals surface area contributed by atoms with E-state index in [1.165, 1.54) is 18.2 Å². The van der Waals surface area contributed by atoms with E-state index >= 15 is 0 Å². The zero-order chi connectivity index (χ0) is 16.3. The van der Waals surface area contributed by atoms with E-state index in [1.807, 2.05) is 6.92 Å². The Morgan fingerprint density at radius 2 is 1.91 bits per heavy atom.